The van der Waals surface area contributed by atoms with Crippen LogP contribution in [-0.4, -0.2) is 67.9 Å². The van der Waals surface area contributed by atoms with Crippen LogP contribution in [0.2, 0.25) is 5.02 Å². The van der Waals surface area contributed by atoms with E-state index in [4.69, 9.17) is 16.3 Å². The Hall–Kier alpha value is -3.44. The van der Waals surface area contributed by atoms with Gasteiger partial charge in [-0.25, -0.2) is 8.42 Å². The molecule has 0 aliphatic carbocycles. The Bertz CT molecular complexity index is 1720. The molecule has 11 heteroatoms. The molecule has 4 aromatic rings. The van der Waals surface area contributed by atoms with Crippen LogP contribution >= 0.6 is 11.6 Å². The number of ether oxygens (including phenoxy) is 1. The van der Waals surface area contributed by atoms with Gasteiger partial charge in [0.15, 0.2) is 0 Å². The first-order valence-corrected chi connectivity index (χ1v) is 15.6. The number of hydrazone groups is 1. The molecule has 41 heavy (non-hydrogen) atoms. The van der Waals surface area contributed by atoms with Crippen molar-refractivity contribution in [3.05, 3.63) is 76.7 Å². The third-order valence-corrected chi connectivity index (χ3v) is 9.94. The highest BCUT2D eigenvalue weighted by Crippen LogP contribution is 2.34. The van der Waals surface area contributed by atoms with Crippen molar-refractivity contribution in [2.75, 3.05) is 49.7 Å². The van der Waals surface area contributed by atoms with Crippen LogP contribution in [0.5, 0.6) is 0 Å². The maximum Gasteiger partial charge on any atom is 0.243 e. The maximum atomic E-state index is 13.6. The van der Waals surface area contributed by atoms with Gasteiger partial charge in [-0.2, -0.15) is 9.41 Å². The summed E-state index contributed by atoms with van der Waals surface area (Å²) < 4.78 is 36.2. The summed E-state index contributed by atoms with van der Waals surface area (Å²) in [5.41, 5.74) is 9.56. The van der Waals surface area contributed by atoms with Crippen LogP contribution in [0.4, 0.5) is 11.4 Å². The molecule has 1 N–H and O–H groups in total. The lowest BCUT2D eigenvalue weighted by Gasteiger charge is -2.28. The number of rotatable bonds is 7. The third kappa shape index (κ3) is 5.44. The quantitative estimate of drug-likeness (QED) is 0.229. The molecular weight excluding hydrogens is 560 g/mol. The summed E-state index contributed by atoms with van der Waals surface area (Å²) in [6, 6.07) is 15.1. The molecule has 2 aliphatic rings. The van der Waals surface area contributed by atoms with Crippen molar-refractivity contribution in [2.24, 2.45) is 5.10 Å². The van der Waals surface area contributed by atoms with E-state index >= 15 is 0 Å². The predicted molar refractivity (Wildman–Crippen MR) is 164 cm³/mol. The number of benzene rings is 2. The highest BCUT2D eigenvalue weighted by Gasteiger charge is 2.28. The van der Waals surface area contributed by atoms with Gasteiger partial charge in [-0.3, -0.25) is 10.4 Å². The van der Waals surface area contributed by atoms with Crippen LogP contribution in [0.15, 0.2) is 64.7 Å². The number of sulfonamides is 1. The fourth-order valence-electron chi connectivity index (χ4n) is 5.68. The summed E-state index contributed by atoms with van der Waals surface area (Å²) in [7, 11) is -3.65. The van der Waals surface area contributed by atoms with E-state index in [9.17, 15) is 8.42 Å². The van der Waals surface area contributed by atoms with Crippen molar-refractivity contribution in [1.82, 2.24) is 13.9 Å². The Balaban J connectivity index is 1.36. The van der Waals surface area contributed by atoms with Crippen molar-refractivity contribution in [2.45, 2.75) is 31.6 Å². The Labute approximate surface area is 245 Å². The second kappa shape index (κ2) is 11.4. The Morgan fingerprint density at radius 2 is 1.76 bits per heavy atom. The lowest BCUT2D eigenvalue weighted by molar-refractivity contribution is 0.0730. The molecule has 9 nitrogen and oxygen atoms in total. The number of aryl methyl sites for hydroxylation is 1. The van der Waals surface area contributed by atoms with Gasteiger partial charge < -0.3 is 14.2 Å². The first kappa shape index (κ1) is 27.7. The number of pyridine rings is 1. The number of anilines is 2. The van der Waals surface area contributed by atoms with Gasteiger partial charge in [-0.15, -0.1) is 0 Å². The van der Waals surface area contributed by atoms with Gasteiger partial charge in [-0.1, -0.05) is 11.6 Å². The standard InChI is InChI=1S/C30H33ClN6O3S/c1-21-17-23(20-33-34-27-9-10-32-28-18-24(31)5-7-26(27)28)22(2)37(21)30-19-25(6-8-29(30)35-11-3-4-12-35)41(38,39)36-13-15-40-16-14-36/h5-10,17-20H,3-4,11-16H2,1-2H3,(H,32,34)/b33-20-. The zero-order chi connectivity index (χ0) is 28.6. The molecule has 4 heterocycles. The van der Waals surface area contributed by atoms with E-state index < -0.39 is 10.0 Å². The second-order valence-corrected chi connectivity index (χ2v) is 12.8. The van der Waals surface area contributed by atoms with Crippen molar-refractivity contribution in [3.8, 4) is 5.69 Å². The number of nitrogens with zero attached hydrogens (tertiary/aromatic N) is 5. The molecule has 6 rings (SSSR count). The Morgan fingerprint density at radius 1 is 0.976 bits per heavy atom. The molecule has 0 saturated carbocycles. The van der Waals surface area contributed by atoms with Crippen molar-refractivity contribution >= 4 is 50.1 Å². The van der Waals surface area contributed by atoms with Crippen LogP contribution in [0, 0.1) is 13.8 Å². The number of fused-ring (bicyclic) bond motifs is 1. The average Bonchev–Trinajstić information content (AvgIpc) is 3.61. The van der Waals surface area contributed by atoms with Gasteiger partial charge in [0.05, 0.1) is 46.9 Å². The third-order valence-electron chi connectivity index (χ3n) is 7.81. The van der Waals surface area contributed by atoms with Crippen LogP contribution < -0.4 is 10.3 Å². The molecule has 2 aliphatic heterocycles. The number of nitrogens with one attached hydrogen (secondary N) is 1. The van der Waals surface area contributed by atoms with E-state index in [1.807, 2.05) is 50.2 Å². The maximum absolute atomic E-state index is 13.6. The van der Waals surface area contributed by atoms with Crippen molar-refractivity contribution in [3.63, 3.8) is 0 Å². The lowest BCUT2D eigenvalue weighted by atomic mass is 10.2. The minimum absolute atomic E-state index is 0.298. The summed E-state index contributed by atoms with van der Waals surface area (Å²) in [5.74, 6) is 0. The number of hydrogen-bond donors (Lipinski definition) is 1. The molecular formula is C30H33ClN6O3S. The molecule has 0 atom stereocenters. The summed E-state index contributed by atoms with van der Waals surface area (Å²) in [6.45, 7) is 7.52. The van der Waals surface area contributed by atoms with Gasteiger partial charge >= 0.3 is 0 Å². The van der Waals surface area contributed by atoms with Gasteiger partial charge in [0.25, 0.3) is 0 Å². The lowest BCUT2D eigenvalue weighted by Crippen LogP contribution is -2.40. The van der Waals surface area contributed by atoms with Gasteiger partial charge in [0.1, 0.15) is 0 Å². The van der Waals surface area contributed by atoms with Crippen molar-refractivity contribution in [1.29, 1.82) is 0 Å². The van der Waals surface area contributed by atoms with E-state index in [1.54, 1.807) is 18.5 Å². The molecule has 2 aromatic heterocycles. The first-order chi connectivity index (χ1) is 19.8. The highest BCUT2D eigenvalue weighted by atomic mass is 35.5. The van der Waals surface area contributed by atoms with Crippen molar-refractivity contribution < 1.29 is 13.2 Å². The molecule has 0 bridgehead atoms. The fourth-order valence-corrected chi connectivity index (χ4v) is 7.28. The molecule has 0 amide bonds. The fraction of sp³-hybridized carbons (Fsp3) is 0.333. The van der Waals surface area contributed by atoms with E-state index in [0.717, 1.165) is 70.8 Å². The topological polar surface area (TPSA) is 92.1 Å². The normalized spacial score (nSPS) is 16.7. The van der Waals surface area contributed by atoms with E-state index in [1.165, 1.54) is 4.31 Å². The number of morpholine rings is 1. The largest absolute Gasteiger partial charge is 0.379 e. The zero-order valence-corrected chi connectivity index (χ0v) is 24.7. The average molecular weight is 593 g/mol. The highest BCUT2D eigenvalue weighted by molar-refractivity contribution is 7.89. The predicted octanol–water partition coefficient (Wildman–Crippen LogP) is 5.36. The summed E-state index contributed by atoms with van der Waals surface area (Å²) in [5, 5.41) is 6.09. The summed E-state index contributed by atoms with van der Waals surface area (Å²) in [4.78, 5) is 7.03. The molecule has 0 spiro atoms. The van der Waals surface area contributed by atoms with Gasteiger partial charge in [0.2, 0.25) is 10.0 Å². The number of aromatic nitrogens is 2. The Kier molecular flexibility index (Phi) is 7.74. The molecule has 0 radical (unpaired) electrons. The molecule has 214 valence electrons. The zero-order valence-electron chi connectivity index (χ0n) is 23.2. The number of halogens is 1. The van der Waals surface area contributed by atoms with Crippen LogP contribution in [0.25, 0.3) is 16.6 Å². The minimum Gasteiger partial charge on any atom is -0.379 e. The Morgan fingerprint density at radius 3 is 2.54 bits per heavy atom. The molecule has 2 saturated heterocycles. The van der Waals surface area contributed by atoms with E-state index in [-0.39, 0.29) is 0 Å². The van der Waals surface area contributed by atoms with Gasteiger partial charge in [-0.05, 0) is 75.2 Å². The van der Waals surface area contributed by atoms with E-state index in [2.05, 4.69) is 31.0 Å². The monoisotopic (exact) mass is 592 g/mol. The molecule has 2 aromatic carbocycles. The minimum atomic E-state index is -3.65. The van der Waals surface area contributed by atoms with Gasteiger partial charge in [0, 0.05) is 59.7 Å². The number of hydrogen-bond acceptors (Lipinski definition) is 7. The smallest absolute Gasteiger partial charge is 0.243 e. The molecule has 2 fully saturated rings. The van der Waals surface area contributed by atoms with Crippen LogP contribution in [0.3, 0.4) is 0 Å². The second-order valence-electron chi connectivity index (χ2n) is 10.4. The molecule has 0 unspecified atom stereocenters. The summed E-state index contributed by atoms with van der Waals surface area (Å²) >= 11 is 6.13. The SMILES string of the molecule is Cc1cc(/C=N\Nc2ccnc3cc(Cl)ccc23)c(C)n1-c1cc(S(=O)(=O)N2CCOCC2)ccc1N1CCCC1. The van der Waals surface area contributed by atoms with Crippen LogP contribution in [-0.2, 0) is 14.8 Å². The van der Waals surface area contributed by atoms with Crippen LogP contribution in [0.1, 0.15) is 29.8 Å². The van der Waals surface area contributed by atoms with E-state index in [0.29, 0.717) is 36.2 Å². The first-order valence-electron chi connectivity index (χ1n) is 13.8. The summed E-state index contributed by atoms with van der Waals surface area (Å²) in [6.07, 6.45) is 5.76.